The van der Waals surface area contributed by atoms with Gasteiger partial charge in [-0.2, -0.15) is 5.10 Å². The van der Waals surface area contributed by atoms with Crippen molar-refractivity contribution in [2.24, 2.45) is 5.92 Å². The van der Waals surface area contributed by atoms with Crippen molar-refractivity contribution < 1.29 is 4.79 Å². The summed E-state index contributed by atoms with van der Waals surface area (Å²) in [6.07, 6.45) is 5.28. The molecule has 0 saturated heterocycles. The maximum absolute atomic E-state index is 11.6. The first kappa shape index (κ1) is 15.2. The number of pyridine rings is 1. The zero-order valence-corrected chi connectivity index (χ0v) is 12.4. The van der Waals surface area contributed by atoms with Gasteiger partial charge in [-0.05, 0) is 18.1 Å². The van der Waals surface area contributed by atoms with E-state index >= 15 is 0 Å². The number of aromatic amines is 1. The van der Waals surface area contributed by atoms with Crippen LogP contribution in [0.5, 0.6) is 0 Å². The molecule has 2 aromatic rings. The highest BCUT2D eigenvalue weighted by atomic mass is 16.1. The fourth-order valence-corrected chi connectivity index (χ4v) is 1.90. The summed E-state index contributed by atoms with van der Waals surface area (Å²) in [4.78, 5) is 15.7. The largest absolute Gasteiger partial charge is 0.355 e. The van der Waals surface area contributed by atoms with E-state index in [-0.39, 0.29) is 5.91 Å². The molecule has 2 rings (SSSR count). The standard InChI is InChI=1S/C15H21N5O/c1-11(2)6-18-14(21)10-17-8-13-9-19-20-15(13)12-4-3-5-16-7-12/h3-5,7,9,11,17H,6,8,10H2,1-2H3,(H,18,21)(H,19,20). The smallest absolute Gasteiger partial charge is 0.233 e. The number of H-pyrrole nitrogens is 1. The van der Waals surface area contributed by atoms with Crippen molar-refractivity contribution in [3.05, 3.63) is 36.3 Å². The quantitative estimate of drug-likeness (QED) is 0.717. The summed E-state index contributed by atoms with van der Waals surface area (Å²) >= 11 is 0. The number of hydrogen-bond donors (Lipinski definition) is 3. The van der Waals surface area contributed by atoms with E-state index < -0.39 is 0 Å². The van der Waals surface area contributed by atoms with Crippen LogP contribution in [0.15, 0.2) is 30.7 Å². The molecule has 0 saturated carbocycles. The lowest BCUT2D eigenvalue weighted by atomic mass is 10.1. The predicted molar refractivity (Wildman–Crippen MR) is 81.4 cm³/mol. The zero-order valence-electron chi connectivity index (χ0n) is 12.4. The third-order valence-electron chi connectivity index (χ3n) is 2.98. The van der Waals surface area contributed by atoms with Crippen molar-refractivity contribution in [3.8, 4) is 11.3 Å². The van der Waals surface area contributed by atoms with Crippen LogP contribution in [-0.4, -0.2) is 34.2 Å². The van der Waals surface area contributed by atoms with E-state index in [4.69, 9.17) is 0 Å². The monoisotopic (exact) mass is 287 g/mol. The Hall–Kier alpha value is -2.21. The van der Waals surface area contributed by atoms with Crippen LogP contribution in [0.3, 0.4) is 0 Å². The first-order chi connectivity index (χ1) is 10.2. The first-order valence-electron chi connectivity index (χ1n) is 7.07. The van der Waals surface area contributed by atoms with Gasteiger partial charge >= 0.3 is 0 Å². The number of aromatic nitrogens is 3. The number of nitrogens with one attached hydrogen (secondary N) is 3. The van der Waals surface area contributed by atoms with Crippen molar-refractivity contribution in [1.29, 1.82) is 0 Å². The number of nitrogens with zero attached hydrogens (tertiary/aromatic N) is 2. The summed E-state index contributed by atoms with van der Waals surface area (Å²) in [5, 5.41) is 13.0. The lowest BCUT2D eigenvalue weighted by molar-refractivity contribution is -0.120. The average molecular weight is 287 g/mol. The van der Waals surface area contributed by atoms with Crippen LogP contribution in [0.4, 0.5) is 0 Å². The van der Waals surface area contributed by atoms with Crippen LogP contribution in [0, 0.1) is 5.92 Å². The maximum atomic E-state index is 11.6. The van der Waals surface area contributed by atoms with Gasteiger partial charge in [-0.25, -0.2) is 0 Å². The summed E-state index contributed by atoms with van der Waals surface area (Å²) in [5.41, 5.74) is 2.92. The summed E-state index contributed by atoms with van der Waals surface area (Å²) < 4.78 is 0. The maximum Gasteiger partial charge on any atom is 0.233 e. The van der Waals surface area contributed by atoms with Crippen LogP contribution >= 0.6 is 0 Å². The van der Waals surface area contributed by atoms with E-state index in [1.165, 1.54) is 0 Å². The SMILES string of the molecule is CC(C)CNC(=O)CNCc1cn[nH]c1-c1cccnc1. The molecule has 0 radical (unpaired) electrons. The molecule has 0 fully saturated rings. The molecule has 0 aliphatic rings. The molecule has 0 aliphatic carbocycles. The Morgan fingerprint density at radius 3 is 2.95 bits per heavy atom. The van der Waals surface area contributed by atoms with Gasteiger partial charge in [0.05, 0.1) is 18.4 Å². The molecule has 2 heterocycles. The van der Waals surface area contributed by atoms with Crippen LogP contribution in [-0.2, 0) is 11.3 Å². The molecule has 2 aromatic heterocycles. The van der Waals surface area contributed by atoms with E-state index in [0.29, 0.717) is 25.6 Å². The average Bonchev–Trinajstić information content (AvgIpc) is 2.94. The number of hydrogen-bond acceptors (Lipinski definition) is 4. The summed E-state index contributed by atoms with van der Waals surface area (Å²) in [6.45, 7) is 5.71. The minimum Gasteiger partial charge on any atom is -0.355 e. The molecule has 112 valence electrons. The van der Waals surface area contributed by atoms with Gasteiger partial charge in [0.1, 0.15) is 0 Å². The first-order valence-corrected chi connectivity index (χ1v) is 7.07. The van der Waals surface area contributed by atoms with Crippen molar-refractivity contribution in [2.45, 2.75) is 20.4 Å². The zero-order chi connectivity index (χ0) is 15.1. The van der Waals surface area contributed by atoms with Crippen LogP contribution < -0.4 is 10.6 Å². The fraction of sp³-hybridized carbons (Fsp3) is 0.400. The van der Waals surface area contributed by atoms with Gasteiger partial charge in [-0.1, -0.05) is 13.8 Å². The van der Waals surface area contributed by atoms with E-state index in [2.05, 4.69) is 39.7 Å². The second-order valence-corrected chi connectivity index (χ2v) is 5.31. The van der Waals surface area contributed by atoms with E-state index in [1.807, 2.05) is 12.1 Å². The third kappa shape index (κ3) is 4.68. The molecular weight excluding hydrogens is 266 g/mol. The van der Waals surface area contributed by atoms with Gasteiger partial charge in [-0.3, -0.25) is 14.9 Å². The molecule has 1 amide bonds. The third-order valence-corrected chi connectivity index (χ3v) is 2.98. The Morgan fingerprint density at radius 2 is 2.24 bits per heavy atom. The van der Waals surface area contributed by atoms with Gasteiger partial charge in [0.2, 0.25) is 5.91 Å². The molecule has 0 aromatic carbocycles. The molecule has 3 N–H and O–H groups in total. The molecule has 6 heteroatoms. The number of carbonyl (C=O) groups is 1. The van der Waals surface area contributed by atoms with E-state index in [0.717, 1.165) is 16.8 Å². The van der Waals surface area contributed by atoms with Gasteiger partial charge in [-0.15, -0.1) is 0 Å². The second-order valence-electron chi connectivity index (χ2n) is 5.31. The lowest BCUT2D eigenvalue weighted by Crippen LogP contribution is -2.35. The van der Waals surface area contributed by atoms with Gasteiger partial charge in [0, 0.05) is 36.6 Å². The lowest BCUT2D eigenvalue weighted by Gasteiger charge is -2.08. The summed E-state index contributed by atoms with van der Waals surface area (Å²) in [7, 11) is 0. The Labute approximate surface area is 124 Å². The highest BCUT2D eigenvalue weighted by Gasteiger charge is 2.08. The molecule has 0 spiro atoms. The van der Waals surface area contributed by atoms with Crippen molar-refractivity contribution >= 4 is 5.91 Å². The Balaban J connectivity index is 1.85. The Kier molecular flexibility index (Phi) is 5.45. The molecule has 0 bridgehead atoms. The molecule has 0 aliphatic heterocycles. The van der Waals surface area contributed by atoms with Crippen molar-refractivity contribution in [1.82, 2.24) is 25.8 Å². The minimum atomic E-state index is 0.00937. The van der Waals surface area contributed by atoms with Gasteiger partial charge in [0.25, 0.3) is 0 Å². The van der Waals surface area contributed by atoms with Gasteiger partial charge in [0.15, 0.2) is 0 Å². The fourth-order valence-electron chi connectivity index (χ4n) is 1.90. The predicted octanol–water partition coefficient (Wildman–Crippen LogP) is 1.33. The topological polar surface area (TPSA) is 82.7 Å². The van der Waals surface area contributed by atoms with E-state index in [9.17, 15) is 4.79 Å². The highest BCUT2D eigenvalue weighted by Crippen LogP contribution is 2.19. The van der Waals surface area contributed by atoms with Crippen LogP contribution in [0.2, 0.25) is 0 Å². The Bertz CT molecular complexity index is 564. The minimum absolute atomic E-state index is 0.00937. The second kappa shape index (κ2) is 7.54. The normalized spacial score (nSPS) is 10.8. The molecule has 0 atom stereocenters. The Morgan fingerprint density at radius 1 is 1.38 bits per heavy atom. The summed E-state index contributed by atoms with van der Waals surface area (Å²) in [5.74, 6) is 0.468. The molecule has 0 unspecified atom stereocenters. The van der Waals surface area contributed by atoms with Crippen LogP contribution in [0.25, 0.3) is 11.3 Å². The van der Waals surface area contributed by atoms with Crippen molar-refractivity contribution in [3.63, 3.8) is 0 Å². The molecule has 6 nitrogen and oxygen atoms in total. The number of rotatable bonds is 7. The van der Waals surface area contributed by atoms with E-state index in [1.54, 1.807) is 18.6 Å². The molecule has 21 heavy (non-hydrogen) atoms. The van der Waals surface area contributed by atoms with Crippen molar-refractivity contribution in [2.75, 3.05) is 13.1 Å². The summed E-state index contributed by atoms with van der Waals surface area (Å²) in [6, 6.07) is 3.85. The highest BCUT2D eigenvalue weighted by molar-refractivity contribution is 5.78. The van der Waals surface area contributed by atoms with Gasteiger partial charge < -0.3 is 10.6 Å². The number of carbonyl (C=O) groups excluding carboxylic acids is 1. The number of amides is 1. The van der Waals surface area contributed by atoms with Crippen LogP contribution in [0.1, 0.15) is 19.4 Å². The molecular formula is C15H21N5O.